The molecule has 0 spiro atoms. The monoisotopic (exact) mass is 349 g/mol. The minimum atomic E-state index is -0.530. The zero-order chi connectivity index (χ0) is 18.4. The highest BCUT2D eigenvalue weighted by atomic mass is 16.3. The second-order valence-corrected chi connectivity index (χ2v) is 6.62. The van der Waals surface area contributed by atoms with E-state index in [1.54, 1.807) is 36.2 Å². The highest BCUT2D eigenvalue weighted by molar-refractivity contribution is 6.11. The van der Waals surface area contributed by atoms with Crippen molar-refractivity contribution in [2.24, 2.45) is 0 Å². The van der Waals surface area contributed by atoms with E-state index in [0.29, 0.717) is 17.8 Å². The number of phenolic OH excluding ortho intramolecular Hbond substituents is 1. The summed E-state index contributed by atoms with van der Waals surface area (Å²) >= 11 is 0. The number of nitrogens with zero attached hydrogens (tertiary/aromatic N) is 2. The van der Waals surface area contributed by atoms with Gasteiger partial charge in [-0.05, 0) is 36.8 Å². The number of urea groups is 1. The number of benzene rings is 2. The molecule has 2 aromatic carbocycles. The highest BCUT2D eigenvalue weighted by Crippen LogP contribution is 2.37. The predicted molar refractivity (Wildman–Crippen MR) is 97.7 cm³/mol. The van der Waals surface area contributed by atoms with Crippen LogP contribution in [-0.2, 0) is 4.79 Å². The Labute approximate surface area is 151 Å². The van der Waals surface area contributed by atoms with Crippen molar-refractivity contribution in [1.29, 1.82) is 0 Å². The van der Waals surface area contributed by atoms with Gasteiger partial charge in [0, 0.05) is 12.7 Å². The number of carbonyl (C=O) groups excluding carboxylic acids is 2. The van der Waals surface area contributed by atoms with E-state index < -0.39 is 6.04 Å². The van der Waals surface area contributed by atoms with Gasteiger partial charge in [-0.25, -0.2) is 4.79 Å². The number of carbonyl (C=O) groups is 2. The number of anilines is 1. The predicted octanol–water partition coefficient (Wildman–Crippen LogP) is 2.70. The lowest BCUT2D eigenvalue weighted by atomic mass is 9.95. The summed E-state index contributed by atoms with van der Waals surface area (Å²) in [6.45, 7) is 2.35. The van der Waals surface area contributed by atoms with Crippen LogP contribution in [0.4, 0.5) is 10.5 Å². The van der Waals surface area contributed by atoms with Crippen LogP contribution < -0.4 is 10.2 Å². The summed E-state index contributed by atoms with van der Waals surface area (Å²) in [5.41, 5.74) is 3.96. The van der Waals surface area contributed by atoms with Crippen LogP contribution in [0.15, 0.2) is 59.8 Å². The van der Waals surface area contributed by atoms with Crippen LogP contribution in [0.2, 0.25) is 0 Å². The second-order valence-electron chi connectivity index (χ2n) is 6.62. The molecule has 0 fully saturated rings. The molecule has 0 saturated heterocycles. The molecule has 0 radical (unpaired) electrons. The Bertz CT molecular complexity index is 916. The third-order valence-corrected chi connectivity index (χ3v) is 4.93. The molecule has 6 nitrogen and oxygen atoms in total. The first-order valence-electron chi connectivity index (χ1n) is 8.40. The SMILES string of the molecule is Cc1ccc(N2CC3=C(C2=O)C(c2ccc(O)cc2)NC(=O)N3C)cc1. The van der Waals surface area contributed by atoms with Crippen LogP contribution in [0, 0.1) is 6.92 Å². The van der Waals surface area contributed by atoms with Crippen molar-refractivity contribution in [3.05, 3.63) is 70.9 Å². The summed E-state index contributed by atoms with van der Waals surface area (Å²) in [5, 5.41) is 12.4. The Morgan fingerprint density at radius 1 is 1.04 bits per heavy atom. The molecule has 2 aromatic rings. The van der Waals surface area contributed by atoms with Crippen molar-refractivity contribution < 1.29 is 14.7 Å². The van der Waals surface area contributed by atoms with Crippen molar-refractivity contribution in [2.45, 2.75) is 13.0 Å². The Balaban J connectivity index is 1.75. The van der Waals surface area contributed by atoms with Crippen molar-refractivity contribution >= 4 is 17.6 Å². The molecular weight excluding hydrogens is 330 g/mol. The number of nitrogens with one attached hydrogen (secondary N) is 1. The fourth-order valence-electron chi connectivity index (χ4n) is 3.42. The van der Waals surface area contributed by atoms with Gasteiger partial charge in [-0.3, -0.25) is 9.69 Å². The summed E-state index contributed by atoms with van der Waals surface area (Å²) in [6, 6.07) is 13.5. The van der Waals surface area contributed by atoms with Crippen molar-refractivity contribution in [2.75, 3.05) is 18.5 Å². The van der Waals surface area contributed by atoms with Crippen LogP contribution in [0.3, 0.4) is 0 Å². The molecule has 1 unspecified atom stereocenters. The molecular formula is C20H19N3O3. The fourth-order valence-corrected chi connectivity index (χ4v) is 3.42. The maximum atomic E-state index is 13.2. The van der Waals surface area contributed by atoms with Crippen molar-refractivity contribution in [1.82, 2.24) is 10.2 Å². The van der Waals surface area contributed by atoms with E-state index >= 15 is 0 Å². The molecule has 2 N–H and O–H groups in total. The topological polar surface area (TPSA) is 72.9 Å². The lowest BCUT2D eigenvalue weighted by Crippen LogP contribution is -2.45. The van der Waals surface area contributed by atoms with E-state index in [2.05, 4.69) is 5.32 Å². The highest BCUT2D eigenvalue weighted by Gasteiger charge is 2.43. The van der Waals surface area contributed by atoms with E-state index in [1.165, 1.54) is 4.90 Å². The standard InChI is InChI=1S/C20H19N3O3/c1-12-3-7-14(8-4-12)23-11-16-17(19(23)25)18(21-20(26)22(16)2)13-5-9-15(24)10-6-13/h3-10,18,24H,11H2,1-2H3,(H,21,26). The van der Waals surface area contributed by atoms with Crippen LogP contribution in [-0.4, -0.2) is 35.5 Å². The van der Waals surface area contributed by atoms with E-state index in [9.17, 15) is 14.7 Å². The average molecular weight is 349 g/mol. The molecule has 0 saturated carbocycles. The van der Waals surface area contributed by atoms with Crippen LogP contribution in [0.5, 0.6) is 5.75 Å². The van der Waals surface area contributed by atoms with Gasteiger partial charge in [0.1, 0.15) is 5.75 Å². The molecule has 0 aliphatic carbocycles. The maximum Gasteiger partial charge on any atom is 0.322 e. The first kappa shape index (κ1) is 16.2. The molecule has 2 aliphatic heterocycles. The van der Waals surface area contributed by atoms with Gasteiger partial charge in [-0.1, -0.05) is 29.8 Å². The van der Waals surface area contributed by atoms with Gasteiger partial charge >= 0.3 is 6.03 Å². The van der Waals surface area contributed by atoms with Gasteiger partial charge in [0.2, 0.25) is 0 Å². The molecule has 132 valence electrons. The number of aromatic hydroxyl groups is 1. The molecule has 6 heteroatoms. The first-order valence-corrected chi connectivity index (χ1v) is 8.40. The number of hydrogen-bond donors (Lipinski definition) is 2. The largest absolute Gasteiger partial charge is 0.508 e. The lowest BCUT2D eigenvalue weighted by Gasteiger charge is -2.31. The maximum absolute atomic E-state index is 13.2. The summed E-state index contributed by atoms with van der Waals surface area (Å²) < 4.78 is 0. The van der Waals surface area contributed by atoms with E-state index in [4.69, 9.17) is 0 Å². The molecule has 1 atom stereocenters. The van der Waals surface area contributed by atoms with Crippen LogP contribution >= 0.6 is 0 Å². The Morgan fingerprint density at radius 2 is 1.69 bits per heavy atom. The average Bonchev–Trinajstić information content (AvgIpc) is 2.97. The van der Waals surface area contributed by atoms with Crippen LogP contribution in [0.25, 0.3) is 0 Å². The van der Waals surface area contributed by atoms with Gasteiger partial charge in [0.05, 0.1) is 23.9 Å². The first-order chi connectivity index (χ1) is 12.5. The molecule has 4 rings (SSSR count). The summed E-state index contributed by atoms with van der Waals surface area (Å²) in [4.78, 5) is 28.7. The van der Waals surface area contributed by atoms with Gasteiger partial charge in [-0.2, -0.15) is 0 Å². The normalized spacial score (nSPS) is 19.7. The minimum Gasteiger partial charge on any atom is -0.508 e. The quantitative estimate of drug-likeness (QED) is 0.876. The third kappa shape index (κ3) is 2.50. The summed E-state index contributed by atoms with van der Waals surface area (Å²) in [5.74, 6) is 0.0232. The summed E-state index contributed by atoms with van der Waals surface area (Å²) in [7, 11) is 1.67. The number of likely N-dealkylation sites (N-methyl/N-ethyl adjacent to an activating group) is 1. The number of phenols is 1. The van der Waals surface area contributed by atoms with Gasteiger partial charge < -0.3 is 15.3 Å². The molecule has 2 heterocycles. The number of hydrogen-bond acceptors (Lipinski definition) is 3. The van der Waals surface area contributed by atoms with Crippen molar-refractivity contribution in [3.63, 3.8) is 0 Å². The van der Waals surface area contributed by atoms with E-state index in [0.717, 1.165) is 16.8 Å². The second kappa shape index (κ2) is 5.91. The Hall–Kier alpha value is -3.28. The molecule has 3 amide bonds. The number of aryl methyl sites for hydroxylation is 1. The zero-order valence-corrected chi connectivity index (χ0v) is 14.6. The van der Waals surface area contributed by atoms with E-state index in [-0.39, 0.29) is 17.7 Å². The van der Waals surface area contributed by atoms with Gasteiger partial charge in [0.15, 0.2) is 0 Å². The van der Waals surface area contributed by atoms with Crippen LogP contribution in [0.1, 0.15) is 17.2 Å². The number of amides is 3. The minimum absolute atomic E-state index is 0.117. The molecule has 2 aliphatic rings. The number of rotatable bonds is 2. The fraction of sp³-hybridized carbons (Fsp3) is 0.200. The van der Waals surface area contributed by atoms with E-state index in [1.807, 2.05) is 31.2 Å². The van der Waals surface area contributed by atoms with Gasteiger partial charge in [-0.15, -0.1) is 0 Å². The molecule has 0 aromatic heterocycles. The van der Waals surface area contributed by atoms with Gasteiger partial charge in [0.25, 0.3) is 5.91 Å². The third-order valence-electron chi connectivity index (χ3n) is 4.93. The summed E-state index contributed by atoms with van der Waals surface area (Å²) in [6.07, 6.45) is 0. The zero-order valence-electron chi connectivity index (χ0n) is 14.6. The Morgan fingerprint density at radius 3 is 2.35 bits per heavy atom. The smallest absolute Gasteiger partial charge is 0.322 e. The molecule has 0 bridgehead atoms. The Kier molecular flexibility index (Phi) is 3.68. The molecule has 26 heavy (non-hydrogen) atoms. The lowest BCUT2D eigenvalue weighted by molar-refractivity contribution is -0.114. The van der Waals surface area contributed by atoms with Crippen molar-refractivity contribution in [3.8, 4) is 5.75 Å².